The average molecular weight is 403 g/mol. The van der Waals surface area contributed by atoms with Crippen molar-refractivity contribution in [1.82, 2.24) is 9.80 Å². The van der Waals surface area contributed by atoms with Crippen molar-refractivity contribution < 1.29 is 14.0 Å². The molecule has 0 saturated carbocycles. The quantitative estimate of drug-likeness (QED) is 0.777. The molecule has 0 N–H and O–H groups in total. The summed E-state index contributed by atoms with van der Waals surface area (Å²) in [6, 6.07) is 4.59. The molecule has 0 bridgehead atoms. The molecule has 0 aliphatic carbocycles. The Morgan fingerprint density at radius 2 is 1.87 bits per heavy atom. The van der Waals surface area contributed by atoms with E-state index in [2.05, 4.69) is 15.9 Å². The highest BCUT2D eigenvalue weighted by atomic mass is 79.9. The Morgan fingerprint density at radius 3 is 2.43 bits per heavy atom. The lowest BCUT2D eigenvalue weighted by atomic mass is 10.2. The van der Waals surface area contributed by atoms with Gasteiger partial charge in [0.1, 0.15) is 5.82 Å². The number of amides is 2. The lowest BCUT2D eigenvalue weighted by molar-refractivity contribution is -0.137. The van der Waals surface area contributed by atoms with Crippen LogP contribution in [0.1, 0.15) is 19.4 Å². The molecule has 1 saturated heterocycles. The van der Waals surface area contributed by atoms with Crippen molar-refractivity contribution in [2.45, 2.75) is 24.9 Å². The SMILES string of the molecule is CC(=O)N1CCN(C(=O)C(C)SCc2ccc(F)cc2Br)CC1. The third-order valence-corrected chi connectivity index (χ3v) is 5.81. The lowest BCUT2D eigenvalue weighted by Gasteiger charge is -2.35. The first-order valence-corrected chi connectivity index (χ1v) is 9.32. The second-order valence-corrected chi connectivity index (χ2v) is 7.70. The van der Waals surface area contributed by atoms with Crippen LogP contribution in [0.25, 0.3) is 0 Å². The minimum atomic E-state index is -0.280. The zero-order valence-corrected chi connectivity index (χ0v) is 15.6. The number of nitrogens with zero attached hydrogens (tertiary/aromatic N) is 2. The number of carbonyl (C=O) groups excluding carboxylic acids is 2. The van der Waals surface area contributed by atoms with Crippen LogP contribution in [-0.2, 0) is 15.3 Å². The molecular formula is C16H20BrFN2O2S. The third-order valence-electron chi connectivity index (χ3n) is 3.89. The van der Waals surface area contributed by atoms with Crippen molar-refractivity contribution in [1.29, 1.82) is 0 Å². The number of thioether (sulfide) groups is 1. The van der Waals surface area contributed by atoms with Crippen LogP contribution in [-0.4, -0.2) is 53.0 Å². The van der Waals surface area contributed by atoms with E-state index in [1.165, 1.54) is 23.9 Å². The van der Waals surface area contributed by atoms with Gasteiger partial charge in [-0.3, -0.25) is 9.59 Å². The van der Waals surface area contributed by atoms with Crippen molar-refractivity contribution in [2.24, 2.45) is 0 Å². The van der Waals surface area contributed by atoms with Gasteiger partial charge in [0, 0.05) is 43.3 Å². The monoisotopic (exact) mass is 402 g/mol. The Kier molecular flexibility index (Phi) is 6.47. The first-order valence-electron chi connectivity index (χ1n) is 7.48. The highest BCUT2D eigenvalue weighted by Crippen LogP contribution is 2.26. The molecule has 1 fully saturated rings. The molecule has 2 rings (SSSR count). The summed E-state index contributed by atoms with van der Waals surface area (Å²) in [6.07, 6.45) is 0. The topological polar surface area (TPSA) is 40.6 Å². The fourth-order valence-electron chi connectivity index (χ4n) is 2.42. The van der Waals surface area contributed by atoms with E-state index in [-0.39, 0.29) is 22.9 Å². The van der Waals surface area contributed by atoms with E-state index in [0.29, 0.717) is 31.9 Å². The molecular weight excluding hydrogens is 383 g/mol. The number of carbonyl (C=O) groups is 2. The van der Waals surface area contributed by atoms with Crippen LogP contribution >= 0.6 is 27.7 Å². The Bertz CT molecular complexity index is 591. The molecule has 1 aromatic carbocycles. The minimum absolute atomic E-state index is 0.0562. The van der Waals surface area contributed by atoms with Gasteiger partial charge in [0.25, 0.3) is 0 Å². The van der Waals surface area contributed by atoms with E-state index in [4.69, 9.17) is 0 Å². The second-order valence-electron chi connectivity index (χ2n) is 5.52. The van der Waals surface area contributed by atoms with Gasteiger partial charge in [0.2, 0.25) is 11.8 Å². The molecule has 7 heteroatoms. The summed E-state index contributed by atoms with van der Waals surface area (Å²) in [5.74, 6) is 0.511. The number of piperazine rings is 1. The minimum Gasteiger partial charge on any atom is -0.339 e. The summed E-state index contributed by atoms with van der Waals surface area (Å²) in [4.78, 5) is 27.4. The van der Waals surface area contributed by atoms with Gasteiger partial charge in [-0.25, -0.2) is 4.39 Å². The highest BCUT2D eigenvalue weighted by Gasteiger charge is 2.26. The predicted octanol–water partition coefficient (Wildman–Crippen LogP) is 2.90. The van der Waals surface area contributed by atoms with Crippen LogP contribution in [0.5, 0.6) is 0 Å². The number of halogens is 2. The Labute approximate surface area is 148 Å². The molecule has 4 nitrogen and oxygen atoms in total. The average Bonchev–Trinajstić information content (AvgIpc) is 2.53. The number of hydrogen-bond acceptors (Lipinski definition) is 3. The summed E-state index contributed by atoms with van der Waals surface area (Å²) in [7, 11) is 0. The molecule has 0 radical (unpaired) electrons. The molecule has 2 amide bonds. The summed E-state index contributed by atoms with van der Waals surface area (Å²) >= 11 is 4.88. The van der Waals surface area contributed by atoms with Gasteiger partial charge in [-0.05, 0) is 24.6 Å². The number of rotatable bonds is 4. The van der Waals surface area contributed by atoms with Crippen LogP contribution in [0, 0.1) is 5.82 Å². The maximum Gasteiger partial charge on any atom is 0.235 e. The van der Waals surface area contributed by atoms with Crippen molar-refractivity contribution >= 4 is 39.5 Å². The van der Waals surface area contributed by atoms with Crippen LogP contribution in [0.2, 0.25) is 0 Å². The van der Waals surface area contributed by atoms with Crippen molar-refractivity contribution in [3.63, 3.8) is 0 Å². The fourth-order valence-corrected chi connectivity index (χ4v) is 4.07. The van der Waals surface area contributed by atoms with Gasteiger partial charge in [0.15, 0.2) is 0 Å². The van der Waals surface area contributed by atoms with Crippen LogP contribution in [0.15, 0.2) is 22.7 Å². The van der Waals surface area contributed by atoms with Gasteiger partial charge in [-0.2, -0.15) is 0 Å². The first-order chi connectivity index (χ1) is 10.9. The van der Waals surface area contributed by atoms with Gasteiger partial charge in [0.05, 0.1) is 5.25 Å². The fraction of sp³-hybridized carbons (Fsp3) is 0.500. The largest absolute Gasteiger partial charge is 0.339 e. The third kappa shape index (κ3) is 4.94. The molecule has 1 aliphatic rings. The molecule has 1 unspecified atom stereocenters. The summed E-state index contributed by atoms with van der Waals surface area (Å²) < 4.78 is 13.8. The standard InChI is InChI=1S/C16H20BrFN2O2S/c1-11(23-10-13-3-4-14(18)9-15(13)17)16(22)20-7-5-19(6-8-20)12(2)21/h3-4,9,11H,5-8,10H2,1-2H3. The zero-order valence-electron chi connectivity index (χ0n) is 13.2. The predicted molar refractivity (Wildman–Crippen MR) is 93.7 cm³/mol. The van der Waals surface area contributed by atoms with E-state index in [1.807, 2.05) is 11.8 Å². The zero-order chi connectivity index (χ0) is 17.0. The molecule has 0 spiro atoms. The Balaban J connectivity index is 1.84. The maximum absolute atomic E-state index is 13.1. The molecule has 0 aromatic heterocycles. The van der Waals surface area contributed by atoms with Crippen LogP contribution in [0.4, 0.5) is 4.39 Å². The van der Waals surface area contributed by atoms with Crippen molar-refractivity contribution in [3.05, 3.63) is 34.1 Å². The number of hydrogen-bond donors (Lipinski definition) is 0. The lowest BCUT2D eigenvalue weighted by Crippen LogP contribution is -2.51. The van der Waals surface area contributed by atoms with Crippen molar-refractivity contribution in [3.8, 4) is 0 Å². The molecule has 1 aromatic rings. The Morgan fingerprint density at radius 1 is 1.26 bits per heavy atom. The molecule has 1 atom stereocenters. The van der Waals surface area contributed by atoms with Crippen molar-refractivity contribution in [2.75, 3.05) is 26.2 Å². The summed E-state index contributed by atoms with van der Waals surface area (Å²) in [5, 5.41) is -0.171. The first kappa shape index (κ1) is 18.3. The molecule has 23 heavy (non-hydrogen) atoms. The smallest absolute Gasteiger partial charge is 0.235 e. The van der Waals surface area contributed by atoms with Gasteiger partial charge >= 0.3 is 0 Å². The summed E-state index contributed by atoms with van der Waals surface area (Å²) in [5.41, 5.74) is 0.970. The van der Waals surface area contributed by atoms with E-state index in [9.17, 15) is 14.0 Å². The molecule has 1 aliphatic heterocycles. The van der Waals surface area contributed by atoms with Gasteiger partial charge in [-0.1, -0.05) is 22.0 Å². The van der Waals surface area contributed by atoms with Crippen LogP contribution in [0.3, 0.4) is 0 Å². The number of benzene rings is 1. The summed E-state index contributed by atoms with van der Waals surface area (Å²) in [6.45, 7) is 5.81. The van der Waals surface area contributed by atoms with E-state index in [0.717, 1.165) is 10.0 Å². The second kappa shape index (κ2) is 8.15. The maximum atomic E-state index is 13.1. The highest BCUT2D eigenvalue weighted by molar-refractivity contribution is 9.10. The van der Waals surface area contributed by atoms with Gasteiger partial charge < -0.3 is 9.80 Å². The molecule has 126 valence electrons. The van der Waals surface area contributed by atoms with E-state index in [1.54, 1.807) is 17.9 Å². The normalized spacial score (nSPS) is 16.3. The van der Waals surface area contributed by atoms with Crippen LogP contribution < -0.4 is 0 Å². The Hall–Kier alpha value is -1.08. The van der Waals surface area contributed by atoms with E-state index < -0.39 is 0 Å². The van der Waals surface area contributed by atoms with E-state index >= 15 is 0 Å². The van der Waals surface area contributed by atoms with Gasteiger partial charge in [-0.15, -0.1) is 11.8 Å². The molecule has 1 heterocycles.